The van der Waals surface area contributed by atoms with E-state index >= 15 is 0 Å². The highest BCUT2D eigenvalue weighted by Gasteiger charge is 2.39. The molecule has 0 N–H and O–H groups in total. The second kappa shape index (κ2) is 3.82. The van der Waals surface area contributed by atoms with Crippen molar-refractivity contribution in [3.05, 3.63) is 24.0 Å². The highest BCUT2D eigenvalue weighted by molar-refractivity contribution is 5.48. The van der Waals surface area contributed by atoms with Crippen molar-refractivity contribution in [2.24, 2.45) is 0 Å². The first-order valence-electron chi connectivity index (χ1n) is 4.94. The molecule has 94 valence electrons. The van der Waals surface area contributed by atoms with Crippen LogP contribution in [0.5, 0.6) is 0 Å². The van der Waals surface area contributed by atoms with Crippen molar-refractivity contribution in [2.75, 3.05) is 18.0 Å². The first kappa shape index (κ1) is 12.1. The van der Waals surface area contributed by atoms with Gasteiger partial charge in [-0.15, -0.1) is 0 Å². The highest BCUT2D eigenvalue weighted by Crippen LogP contribution is 2.33. The predicted molar refractivity (Wildman–Crippen MR) is 51.0 cm³/mol. The van der Waals surface area contributed by atoms with Gasteiger partial charge >= 0.3 is 6.18 Å². The number of rotatable bonds is 1. The Morgan fingerprint density at radius 3 is 2.53 bits per heavy atom. The quantitative estimate of drug-likeness (QED) is 0.714. The number of aromatic nitrogens is 1. The maximum absolute atomic E-state index is 12.9. The summed E-state index contributed by atoms with van der Waals surface area (Å²) in [5, 5.41) is 0. The van der Waals surface area contributed by atoms with Crippen LogP contribution < -0.4 is 4.90 Å². The molecule has 17 heavy (non-hydrogen) atoms. The van der Waals surface area contributed by atoms with E-state index in [1.165, 1.54) is 11.0 Å². The van der Waals surface area contributed by atoms with Gasteiger partial charge in [0.05, 0.1) is 6.54 Å². The Morgan fingerprint density at radius 2 is 2.00 bits per heavy atom. The van der Waals surface area contributed by atoms with Gasteiger partial charge in [-0.3, -0.25) is 4.98 Å². The second-order valence-corrected chi connectivity index (χ2v) is 3.92. The molecule has 1 aliphatic rings. The molecule has 2 nitrogen and oxygen atoms in total. The number of nitrogens with zero attached hydrogens (tertiary/aromatic N) is 2. The number of pyridine rings is 1. The zero-order valence-electron chi connectivity index (χ0n) is 8.64. The fraction of sp³-hybridized carbons (Fsp3) is 0.500. The smallest absolute Gasteiger partial charge is 0.365 e. The number of halogens is 5. The lowest BCUT2D eigenvalue weighted by molar-refractivity contribution is -0.141. The van der Waals surface area contributed by atoms with Crippen LogP contribution in [0.3, 0.4) is 0 Å². The Kier molecular flexibility index (Phi) is 2.71. The lowest BCUT2D eigenvalue weighted by Gasteiger charge is -2.19. The maximum Gasteiger partial charge on any atom is 0.433 e. The van der Waals surface area contributed by atoms with Crippen molar-refractivity contribution in [3.63, 3.8) is 0 Å². The molecule has 1 aromatic heterocycles. The van der Waals surface area contributed by atoms with Gasteiger partial charge in [-0.25, -0.2) is 8.78 Å². The fourth-order valence-electron chi connectivity index (χ4n) is 1.73. The Hall–Kier alpha value is -1.40. The largest absolute Gasteiger partial charge is 0.433 e. The van der Waals surface area contributed by atoms with Crippen LogP contribution >= 0.6 is 0 Å². The van der Waals surface area contributed by atoms with Crippen LogP contribution in [0, 0.1) is 0 Å². The van der Waals surface area contributed by atoms with E-state index in [0.29, 0.717) is 0 Å². The van der Waals surface area contributed by atoms with Gasteiger partial charge in [0.15, 0.2) is 0 Å². The van der Waals surface area contributed by atoms with E-state index in [1.807, 2.05) is 0 Å². The van der Waals surface area contributed by atoms with Crippen molar-refractivity contribution in [1.82, 2.24) is 4.98 Å². The Labute approximate surface area is 94.1 Å². The third kappa shape index (κ3) is 2.65. The van der Waals surface area contributed by atoms with Gasteiger partial charge in [0.1, 0.15) is 5.69 Å². The van der Waals surface area contributed by atoms with E-state index < -0.39 is 24.3 Å². The van der Waals surface area contributed by atoms with E-state index in [-0.39, 0.29) is 18.7 Å². The van der Waals surface area contributed by atoms with Gasteiger partial charge in [-0.1, -0.05) is 0 Å². The van der Waals surface area contributed by atoms with Crippen molar-refractivity contribution < 1.29 is 22.0 Å². The van der Waals surface area contributed by atoms with Crippen molar-refractivity contribution in [2.45, 2.75) is 18.5 Å². The highest BCUT2D eigenvalue weighted by atomic mass is 19.4. The van der Waals surface area contributed by atoms with E-state index in [0.717, 1.165) is 12.3 Å². The number of hydrogen-bond acceptors (Lipinski definition) is 2. The summed E-state index contributed by atoms with van der Waals surface area (Å²) in [6, 6.07) is 2.10. The van der Waals surface area contributed by atoms with Gasteiger partial charge in [0, 0.05) is 24.8 Å². The molecule has 7 heteroatoms. The molecule has 0 spiro atoms. The van der Waals surface area contributed by atoms with Gasteiger partial charge in [0.25, 0.3) is 5.92 Å². The fourth-order valence-corrected chi connectivity index (χ4v) is 1.73. The van der Waals surface area contributed by atoms with Gasteiger partial charge in [-0.2, -0.15) is 13.2 Å². The van der Waals surface area contributed by atoms with Crippen LogP contribution in [0.15, 0.2) is 18.3 Å². The molecule has 2 rings (SSSR count). The van der Waals surface area contributed by atoms with Crippen molar-refractivity contribution in [1.29, 1.82) is 0 Å². The molecule has 0 bridgehead atoms. The molecule has 0 radical (unpaired) electrons. The molecule has 0 amide bonds. The van der Waals surface area contributed by atoms with Crippen LogP contribution in [0.2, 0.25) is 0 Å². The average molecular weight is 252 g/mol. The monoisotopic (exact) mass is 252 g/mol. The lowest BCUT2D eigenvalue weighted by atomic mass is 10.3. The summed E-state index contributed by atoms with van der Waals surface area (Å²) in [7, 11) is 0. The summed E-state index contributed by atoms with van der Waals surface area (Å²) < 4.78 is 63.0. The normalized spacial score (nSPS) is 19.7. The van der Waals surface area contributed by atoms with Gasteiger partial charge < -0.3 is 4.90 Å². The van der Waals surface area contributed by atoms with Crippen molar-refractivity contribution >= 4 is 5.69 Å². The molecule has 0 aliphatic carbocycles. The van der Waals surface area contributed by atoms with Crippen LogP contribution in [0.4, 0.5) is 27.6 Å². The number of hydrogen-bond donors (Lipinski definition) is 0. The molecule has 1 fully saturated rings. The van der Waals surface area contributed by atoms with Gasteiger partial charge in [0.2, 0.25) is 0 Å². The standard InChI is InChI=1S/C10H9F5N2/c11-9(12)2-4-17(6-9)7-1-3-16-8(5-7)10(13,14)15/h1,3,5H,2,4,6H2. The summed E-state index contributed by atoms with van der Waals surface area (Å²) in [6.45, 7) is -0.497. The topological polar surface area (TPSA) is 16.1 Å². The van der Waals surface area contributed by atoms with Crippen molar-refractivity contribution in [3.8, 4) is 0 Å². The molecule has 1 aliphatic heterocycles. The third-order valence-electron chi connectivity index (χ3n) is 2.57. The summed E-state index contributed by atoms with van der Waals surface area (Å²) in [6.07, 6.45) is -3.91. The molecule has 0 atom stereocenters. The maximum atomic E-state index is 12.9. The summed E-state index contributed by atoms with van der Waals surface area (Å²) in [5.41, 5.74) is -0.935. The molecule has 0 aromatic carbocycles. The SMILES string of the molecule is FC1(F)CCN(c2ccnc(C(F)(F)F)c2)C1. The Morgan fingerprint density at radius 1 is 1.29 bits per heavy atom. The molecule has 1 saturated heterocycles. The summed E-state index contributed by atoms with van der Waals surface area (Å²) >= 11 is 0. The van der Waals surface area contributed by atoms with E-state index in [4.69, 9.17) is 0 Å². The lowest BCUT2D eigenvalue weighted by Crippen LogP contribution is -2.25. The second-order valence-electron chi connectivity index (χ2n) is 3.92. The summed E-state index contributed by atoms with van der Waals surface area (Å²) in [4.78, 5) is 4.41. The van der Waals surface area contributed by atoms with E-state index in [9.17, 15) is 22.0 Å². The Balaban J connectivity index is 2.23. The molecular weight excluding hydrogens is 243 g/mol. The van der Waals surface area contributed by atoms with Crippen LogP contribution in [0.25, 0.3) is 0 Å². The summed E-state index contributed by atoms with van der Waals surface area (Å²) in [5.74, 6) is -2.83. The van der Waals surface area contributed by atoms with Crippen LogP contribution in [-0.4, -0.2) is 24.0 Å². The zero-order chi connectivity index (χ0) is 12.7. The van der Waals surface area contributed by atoms with Crippen LogP contribution in [-0.2, 0) is 6.18 Å². The zero-order valence-corrected chi connectivity index (χ0v) is 8.64. The van der Waals surface area contributed by atoms with Crippen LogP contribution in [0.1, 0.15) is 12.1 Å². The molecular formula is C10H9F5N2. The first-order valence-corrected chi connectivity index (χ1v) is 4.94. The Bertz CT molecular complexity index is 415. The minimum atomic E-state index is -4.56. The first-order chi connectivity index (χ1) is 7.78. The molecule has 0 unspecified atom stereocenters. The number of anilines is 1. The minimum Gasteiger partial charge on any atom is -0.365 e. The van der Waals surface area contributed by atoms with E-state index in [1.54, 1.807) is 0 Å². The number of alkyl halides is 5. The minimum absolute atomic E-state index is 0.0499. The predicted octanol–water partition coefficient (Wildman–Crippen LogP) is 2.95. The molecule has 2 heterocycles. The van der Waals surface area contributed by atoms with E-state index in [2.05, 4.69) is 4.98 Å². The third-order valence-corrected chi connectivity index (χ3v) is 2.57. The molecule has 1 aromatic rings. The molecule has 0 saturated carbocycles. The average Bonchev–Trinajstić information content (AvgIpc) is 2.58. The van der Waals surface area contributed by atoms with Gasteiger partial charge in [-0.05, 0) is 12.1 Å².